The van der Waals surface area contributed by atoms with E-state index in [-0.39, 0.29) is 30.0 Å². The summed E-state index contributed by atoms with van der Waals surface area (Å²) in [6.45, 7) is 10.5. The molecule has 0 spiro atoms. The first-order valence-electron chi connectivity index (χ1n) is 9.92. The van der Waals surface area contributed by atoms with Crippen LogP contribution in [0.15, 0.2) is 38.4 Å². The smallest absolute Gasteiger partial charge is 0.191 e. The Bertz CT molecular complexity index is 708. The van der Waals surface area contributed by atoms with Crippen molar-refractivity contribution >= 4 is 29.9 Å². The van der Waals surface area contributed by atoms with Gasteiger partial charge in [-0.3, -0.25) is 4.90 Å². The van der Waals surface area contributed by atoms with Gasteiger partial charge in [-0.05, 0) is 50.9 Å². The minimum atomic E-state index is 0. The predicted molar refractivity (Wildman–Crippen MR) is 121 cm³/mol. The molecule has 1 aliphatic rings. The van der Waals surface area contributed by atoms with E-state index in [0.717, 1.165) is 49.4 Å². The maximum atomic E-state index is 5.69. The Hall–Kier alpha value is -1.55. The van der Waals surface area contributed by atoms with Gasteiger partial charge < -0.3 is 19.6 Å². The normalized spacial score (nSPS) is 16.2. The lowest BCUT2D eigenvalue weighted by Crippen LogP contribution is -2.42. The molecule has 2 N–H and O–H groups in total. The van der Waals surface area contributed by atoms with E-state index >= 15 is 0 Å². The summed E-state index contributed by atoms with van der Waals surface area (Å²) in [5.41, 5.74) is 0.963. The lowest BCUT2D eigenvalue weighted by molar-refractivity contribution is 0.215. The minimum Gasteiger partial charge on any atom is -0.468 e. The molecule has 0 amide bonds. The summed E-state index contributed by atoms with van der Waals surface area (Å²) in [5, 5.41) is 10.9. The molecule has 156 valence electrons. The fourth-order valence-electron chi connectivity index (χ4n) is 3.31. The second-order valence-corrected chi connectivity index (χ2v) is 7.22. The number of hydrogen-bond acceptors (Lipinski definition) is 5. The van der Waals surface area contributed by atoms with Crippen LogP contribution in [0.3, 0.4) is 0 Å². The first-order valence-corrected chi connectivity index (χ1v) is 9.92. The highest BCUT2D eigenvalue weighted by atomic mass is 127. The van der Waals surface area contributed by atoms with Crippen LogP contribution in [0.2, 0.25) is 0 Å². The van der Waals surface area contributed by atoms with E-state index in [2.05, 4.69) is 52.5 Å². The highest BCUT2D eigenvalue weighted by molar-refractivity contribution is 14.0. The van der Waals surface area contributed by atoms with Crippen molar-refractivity contribution in [3.63, 3.8) is 0 Å². The second kappa shape index (κ2) is 11.5. The van der Waals surface area contributed by atoms with Crippen molar-refractivity contribution in [1.82, 2.24) is 20.7 Å². The SMILES string of the molecule is CCNC(=NCc1cc(C(C)C)no1)NCC(c1ccco1)N1CCCC1.I. The van der Waals surface area contributed by atoms with Crippen molar-refractivity contribution in [3.05, 3.63) is 41.7 Å². The topological polar surface area (TPSA) is 78.8 Å². The number of aromatic nitrogens is 1. The number of furan rings is 1. The largest absolute Gasteiger partial charge is 0.468 e. The summed E-state index contributed by atoms with van der Waals surface area (Å²) in [5.74, 6) is 2.90. The zero-order valence-electron chi connectivity index (χ0n) is 17.0. The van der Waals surface area contributed by atoms with E-state index in [1.807, 2.05) is 12.1 Å². The van der Waals surface area contributed by atoms with Gasteiger partial charge in [0.25, 0.3) is 0 Å². The lowest BCUT2D eigenvalue weighted by Gasteiger charge is -2.26. The molecule has 3 heterocycles. The number of aliphatic imine (C=N–C) groups is 1. The molecule has 0 bridgehead atoms. The molecule has 3 rings (SSSR count). The molecule has 2 aromatic heterocycles. The summed E-state index contributed by atoms with van der Waals surface area (Å²) in [6, 6.07) is 6.20. The second-order valence-electron chi connectivity index (χ2n) is 7.22. The van der Waals surface area contributed by atoms with Crippen LogP contribution in [-0.2, 0) is 6.54 Å². The molecule has 2 aromatic rings. The highest BCUT2D eigenvalue weighted by Gasteiger charge is 2.25. The van der Waals surface area contributed by atoms with Gasteiger partial charge in [-0.1, -0.05) is 19.0 Å². The predicted octanol–water partition coefficient (Wildman–Crippen LogP) is 3.90. The quantitative estimate of drug-likeness (QED) is 0.325. The Morgan fingerprint density at radius 2 is 2.07 bits per heavy atom. The number of nitrogens with one attached hydrogen (secondary N) is 2. The lowest BCUT2D eigenvalue weighted by atomic mass is 10.1. The maximum Gasteiger partial charge on any atom is 0.191 e. The molecule has 0 saturated carbocycles. The minimum absolute atomic E-state index is 0. The van der Waals surface area contributed by atoms with Gasteiger partial charge in [0.15, 0.2) is 11.7 Å². The van der Waals surface area contributed by atoms with Crippen LogP contribution in [0, 0.1) is 0 Å². The van der Waals surface area contributed by atoms with Crippen molar-refractivity contribution in [2.45, 2.75) is 52.1 Å². The Kier molecular flexibility index (Phi) is 9.30. The average molecular weight is 501 g/mol. The van der Waals surface area contributed by atoms with Crippen molar-refractivity contribution in [3.8, 4) is 0 Å². The number of guanidine groups is 1. The third-order valence-corrected chi connectivity index (χ3v) is 4.82. The van der Waals surface area contributed by atoms with Gasteiger partial charge in [0.05, 0.1) is 18.0 Å². The zero-order chi connectivity index (χ0) is 19.1. The van der Waals surface area contributed by atoms with Crippen LogP contribution in [0.5, 0.6) is 0 Å². The van der Waals surface area contributed by atoms with Crippen molar-refractivity contribution < 1.29 is 8.94 Å². The van der Waals surface area contributed by atoms with Gasteiger partial charge in [0.2, 0.25) is 0 Å². The molecule has 0 aliphatic carbocycles. The van der Waals surface area contributed by atoms with Crippen LogP contribution in [0.4, 0.5) is 0 Å². The average Bonchev–Trinajstić information content (AvgIpc) is 3.42. The first kappa shape index (κ1) is 22.7. The molecule has 28 heavy (non-hydrogen) atoms. The number of rotatable bonds is 8. The van der Waals surface area contributed by atoms with E-state index in [1.165, 1.54) is 12.8 Å². The zero-order valence-corrected chi connectivity index (χ0v) is 19.3. The Morgan fingerprint density at radius 3 is 2.68 bits per heavy atom. The van der Waals surface area contributed by atoms with Gasteiger partial charge in [-0.15, -0.1) is 24.0 Å². The summed E-state index contributed by atoms with van der Waals surface area (Å²) < 4.78 is 11.1. The fourth-order valence-corrected chi connectivity index (χ4v) is 3.31. The third-order valence-electron chi connectivity index (χ3n) is 4.82. The van der Waals surface area contributed by atoms with Crippen LogP contribution < -0.4 is 10.6 Å². The number of nitrogens with zero attached hydrogens (tertiary/aromatic N) is 3. The molecule has 1 fully saturated rings. The molecule has 7 nitrogen and oxygen atoms in total. The number of halogens is 1. The summed E-state index contributed by atoms with van der Waals surface area (Å²) in [4.78, 5) is 7.12. The van der Waals surface area contributed by atoms with Crippen LogP contribution >= 0.6 is 24.0 Å². The molecule has 1 saturated heterocycles. The van der Waals surface area contributed by atoms with E-state index in [0.29, 0.717) is 12.5 Å². The number of likely N-dealkylation sites (tertiary alicyclic amines) is 1. The van der Waals surface area contributed by atoms with Crippen LogP contribution in [0.25, 0.3) is 0 Å². The van der Waals surface area contributed by atoms with E-state index in [1.54, 1.807) is 6.26 Å². The molecule has 8 heteroatoms. The van der Waals surface area contributed by atoms with Gasteiger partial charge >= 0.3 is 0 Å². The monoisotopic (exact) mass is 501 g/mol. The molecule has 1 aliphatic heterocycles. The summed E-state index contributed by atoms with van der Waals surface area (Å²) in [7, 11) is 0. The van der Waals surface area contributed by atoms with Crippen LogP contribution in [-0.4, -0.2) is 42.2 Å². The third kappa shape index (κ3) is 6.23. The Balaban J connectivity index is 0.00000280. The van der Waals surface area contributed by atoms with E-state index in [4.69, 9.17) is 8.94 Å². The van der Waals surface area contributed by atoms with Gasteiger partial charge in [-0.2, -0.15) is 0 Å². The molecule has 0 aromatic carbocycles. The van der Waals surface area contributed by atoms with E-state index < -0.39 is 0 Å². The molecular weight excluding hydrogens is 469 g/mol. The Morgan fingerprint density at radius 1 is 1.29 bits per heavy atom. The van der Waals surface area contributed by atoms with Crippen LogP contribution in [0.1, 0.15) is 62.8 Å². The van der Waals surface area contributed by atoms with Crippen molar-refractivity contribution in [2.75, 3.05) is 26.2 Å². The fraction of sp³-hybridized carbons (Fsp3) is 0.600. The number of hydrogen-bond donors (Lipinski definition) is 2. The maximum absolute atomic E-state index is 5.69. The highest BCUT2D eigenvalue weighted by Crippen LogP contribution is 2.24. The summed E-state index contributed by atoms with van der Waals surface area (Å²) in [6.07, 6.45) is 4.23. The molecule has 1 unspecified atom stereocenters. The molecule has 1 atom stereocenters. The van der Waals surface area contributed by atoms with Crippen molar-refractivity contribution in [1.29, 1.82) is 0 Å². The molecule has 0 radical (unpaired) electrons. The molecular formula is C20H32IN5O2. The van der Waals surface area contributed by atoms with E-state index in [9.17, 15) is 0 Å². The Labute approximate surface area is 184 Å². The first-order chi connectivity index (χ1) is 13.2. The standard InChI is InChI=1S/C20H31N5O2.HI/c1-4-21-20(22-13-16-12-17(15(2)3)24-27-16)23-14-18(19-8-7-11-26-19)25-9-5-6-10-25;/h7-8,11-12,15,18H,4-6,9-10,13-14H2,1-3H3,(H2,21,22,23);1H. The van der Waals surface area contributed by atoms with Gasteiger partial charge in [0, 0.05) is 19.2 Å². The van der Waals surface area contributed by atoms with Gasteiger partial charge in [0.1, 0.15) is 12.3 Å². The van der Waals surface area contributed by atoms with Crippen molar-refractivity contribution in [2.24, 2.45) is 4.99 Å². The summed E-state index contributed by atoms with van der Waals surface area (Å²) >= 11 is 0. The van der Waals surface area contributed by atoms with Gasteiger partial charge in [-0.25, -0.2) is 4.99 Å².